The lowest BCUT2D eigenvalue weighted by Crippen LogP contribution is -2.60. The molecule has 1 aromatic rings. The minimum atomic E-state index is -0.818. The quantitative estimate of drug-likeness (QED) is 0.238. The van der Waals surface area contributed by atoms with Crippen molar-refractivity contribution in [2.24, 2.45) is 17.8 Å². The van der Waals surface area contributed by atoms with E-state index in [1.54, 1.807) is 22.6 Å². The molecule has 3 atom stereocenters. The van der Waals surface area contributed by atoms with Crippen molar-refractivity contribution in [1.82, 2.24) is 19.8 Å². The molecule has 0 spiro atoms. The van der Waals surface area contributed by atoms with Crippen molar-refractivity contribution in [2.75, 3.05) is 40.5 Å². The highest BCUT2D eigenvalue weighted by molar-refractivity contribution is 14.1. The van der Waals surface area contributed by atoms with Crippen LogP contribution in [0.1, 0.15) is 51.2 Å². The van der Waals surface area contributed by atoms with Crippen molar-refractivity contribution in [1.29, 1.82) is 0 Å². The van der Waals surface area contributed by atoms with E-state index in [-0.39, 0.29) is 31.1 Å². The number of H-pyrrole nitrogens is 1. The fourth-order valence-electron chi connectivity index (χ4n) is 6.73. The maximum Gasteiger partial charge on any atom is 0.330 e. The van der Waals surface area contributed by atoms with Gasteiger partial charge in [-0.15, -0.1) is 0 Å². The average Bonchev–Trinajstić information content (AvgIpc) is 3.18. The number of halogens is 1. The van der Waals surface area contributed by atoms with Gasteiger partial charge in [-0.1, -0.05) is 0 Å². The fourth-order valence-corrected chi connectivity index (χ4v) is 7.17. The summed E-state index contributed by atoms with van der Waals surface area (Å²) >= 11 is 1.80. The van der Waals surface area contributed by atoms with E-state index < -0.39 is 29.7 Å². The Balaban J connectivity index is 0.000000176. The van der Waals surface area contributed by atoms with E-state index in [0.717, 1.165) is 24.3 Å². The molecule has 1 saturated heterocycles. The molecular formula is C25H39IN4O7. The minimum absolute atomic E-state index is 0.0886. The zero-order valence-corrected chi connectivity index (χ0v) is 23.7. The summed E-state index contributed by atoms with van der Waals surface area (Å²) in [4.78, 5) is 39.1. The molecule has 6 rings (SSSR count). The Morgan fingerprint density at radius 1 is 1.22 bits per heavy atom. The van der Waals surface area contributed by atoms with E-state index in [0.29, 0.717) is 10.2 Å². The molecule has 208 valence electrons. The third kappa shape index (κ3) is 7.21. The van der Waals surface area contributed by atoms with Crippen LogP contribution in [0.25, 0.3) is 0 Å². The van der Waals surface area contributed by atoms with Crippen molar-refractivity contribution in [3.8, 4) is 0 Å². The highest BCUT2D eigenvalue weighted by Gasteiger charge is 2.51. The Morgan fingerprint density at radius 3 is 2.38 bits per heavy atom. The second-order valence-corrected chi connectivity index (χ2v) is 12.5. The first-order valence-electron chi connectivity index (χ1n) is 13.1. The van der Waals surface area contributed by atoms with Gasteiger partial charge in [0.05, 0.1) is 22.9 Å². The van der Waals surface area contributed by atoms with Gasteiger partial charge < -0.3 is 29.9 Å². The molecule has 4 bridgehead atoms. The van der Waals surface area contributed by atoms with E-state index in [1.807, 2.05) is 14.1 Å². The van der Waals surface area contributed by atoms with Crippen LogP contribution in [0.5, 0.6) is 0 Å². The Kier molecular flexibility index (Phi) is 9.49. The summed E-state index contributed by atoms with van der Waals surface area (Å²) in [5, 5.41) is 21.8. The first-order chi connectivity index (χ1) is 17.6. The Labute approximate surface area is 230 Å². The summed E-state index contributed by atoms with van der Waals surface area (Å²) in [6, 6.07) is 0. The van der Waals surface area contributed by atoms with Gasteiger partial charge >= 0.3 is 5.69 Å². The summed E-state index contributed by atoms with van der Waals surface area (Å²) in [7, 11) is 4.03. The van der Waals surface area contributed by atoms with Crippen LogP contribution in [-0.4, -0.2) is 88.8 Å². The van der Waals surface area contributed by atoms with E-state index >= 15 is 0 Å². The summed E-state index contributed by atoms with van der Waals surface area (Å²) < 4.78 is 12.4. The highest BCUT2D eigenvalue weighted by Crippen LogP contribution is 2.55. The smallest absolute Gasteiger partial charge is 0.330 e. The highest BCUT2D eigenvalue weighted by atomic mass is 127. The largest absolute Gasteiger partial charge is 0.394 e. The van der Waals surface area contributed by atoms with Gasteiger partial charge in [0.2, 0.25) is 5.91 Å². The van der Waals surface area contributed by atoms with Gasteiger partial charge in [-0.3, -0.25) is 19.1 Å². The number of carbonyl (C=O) groups is 1. The maximum atomic E-state index is 12.1. The number of nitrogens with one attached hydrogen (secondary N) is 2. The Hall–Kier alpha value is -1.32. The molecule has 1 amide bonds. The molecule has 12 heteroatoms. The molecule has 0 unspecified atom stereocenters. The van der Waals surface area contributed by atoms with Gasteiger partial charge in [-0.05, 0) is 93.0 Å². The number of aliphatic hydroxyl groups excluding tert-OH is 2. The molecule has 4 saturated carbocycles. The number of amides is 1. The SMILES string of the molecule is CN(C)CCOCC(=O)NC12CC3CC(CC(C3)C1)C2.O=c1[nH]c(=O)n([C@H]2C[C@H](O)[C@@H](CO)O2)cc1I. The van der Waals surface area contributed by atoms with E-state index in [9.17, 15) is 19.5 Å². The summed E-state index contributed by atoms with van der Waals surface area (Å²) in [5.74, 6) is 2.70. The first kappa shape index (κ1) is 28.7. The summed E-state index contributed by atoms with van der Waals surface area (Å²) in [5.41, 5.74) is -0.924. The molecule has 37 heavy (non-hydrogen) atoms. The van der Waals surface area contributed by atoms with E-state index in [4.69, 9.17) is 14.6 Å². The number of aromatic amines is 1. The third-order valence-electron chi connectivity index (χ3n) is 7.98. The summed E-state index contributed by atoms with van der Waals surface area (Å²) in [6.07, 6.45) is 7.26. The molecule has 2 heterocycles. The lowest BCUT2D eigenvalue weighted by Gasteiger charge is -2.56. The number of hydrogen-bond acceptors (Lipinski definition) is 8. The van der Waals surface area contributed by atoms with Crippen molar-refractivity contribution in [2.45, 2.75) is 68.9 Å². The van der Waals surface area contributed by atoms with Crippen LogP contribution in [0.3, 0.4) is 0 Å². The molecule has 11 nitrogen and oxygen atoms in total. The van der Waals surface area contributed by atoms with E-state index in [2.05, 4.69) is 15.2 Å². The standard InChI is InChI=1S/C16H28N2O2.C9H11IN2O5/c1-18(2)3-4-20-11-15(19)17-16-8-12-5-13(9-16)7-14(6-12)10-16;10-4-2-12(9(16)11-8(4)15)7-1-5(14)6(3-13)17-7/h12-14H,3-11H2,1-2H3,(H,17,19);2,5-7,13-14H,1,3H2,(H,11,15,16)/t;5-,6+,7+/m.0/s1. The number of rotatable bonds is 8. The molecular weight excluding hydrogens is 595 g/mol. The number of aromatic nitrogens is 2. The predicted octanol–water partition coefficient (Wildman–Crippen LogP) is 0.432. The Bertz CT molecular complexity index is 1020. The average molecular weight is 635 g/mol. The number of nitrogens with zero attached hydrogens (tertiary/aromatic N) is 2. The van der Waals surface area contributed by atoms with Crippen molar-refractivity contribution in [3.63, 3.8) is 0 Å². The van der Waals surface area contributed by atoms with Gasteiger partial charge in [0.1, 0.15) is 18.9 Å². The van der Waals surface area contributed by atoms with Crippen LogP contribution in [0, 0.1) is 21.3 Å². The molecule has 0 aromatic carbocycles. The second-order valence-electron chi connectivity index (χ2n) is 11.4. The number of carbonyl (C=O) groups excluding carboxylic acids is 1. The zero-order valence-electron chi connectivity index (χ0n) is 21.5. The lowest BCUT2D eigenvalue weighted by atomic mass is 9.53. The van der Waals surface area contributed by atoms with Gasteiger partial charge in [0, 0.05) is 24.7 Å². The van der Waals surface area contributed by atoms with Crippen LogP contribution >= 0.6 is 22.6 Å². The van der Waals surface area contributed by atoms with Crippen molar-refractivity contribution in [3.05, 3.63) is 30.6 Å². The number of aliphatic hydroxyl groups is 2. The fraction of sp³-hybridized carbons (Fsp3) is 0.800. The normalized spacial score (nSPS) is 33.9. The zero-order chi connectivity index (χ0) is 26.7. The van der Waals surface area contributed by atoms with Crippen molar-refractivity contribution < 1.29 is 24.5 Å². The predicted molar refractivity (Wildman–Crippen MR) is 144 cm³/mol. The Morgan fingerprint density at radius 2 is 1.84 bits per heavy atom. The maximum absolute atomic E-state index is 12.1. The molecule has 0 radical (unpaired) electrons. The monoisotopic (exact) mass is 634 g/mol. The van der Waals surface area contributed by atoms with Crippen molar-refractivity contribution >= 4 is 28.5 Å². The molecule has 5 aliphatic rings. The minimum Gasteiger partial charge on any atom is -0.394 e. The van der Waals surface area contributed by atoms with Crippen LogP contribution in [-0.2, 0) is 14.3 Å². The second kappa shape index (κ2) is 12.2. The van der Waals surface area contributed by atoms with Gasteiger partial charge in [0.25, 0.3) is 5.56 Å². The van der Waals surface area contributed by atoms with Crippen LogP contribution in [0.15, 0.2) is 15.8 Å². The molecule has 1 aliphatic heterocycles. The number of hydrogen-bond donors (Lipinski definition) is 4. The lowest BCUT2D eigenvalue weighted by molar-refractivity contribution is -0.131. The van der Waals surface area contributed by atoms with Gasteiger partial charge in [0.15, 0.2) is 0 Å². The first-order valence-corrected chi connectivity index (χ1v) is 14.1. The van der Waals surface area contributed by atoms with Crippen LogP contribution in [0.4, 0.5) is 0 Å². The third-order valence-corrected chi connectivity index (χ3v) is 8.75. The number of likely N-dealkylation sites (N-methyl/N-ethyl adjacent to an activating group) is 1. The van der Waals surface area contributed by atoms with Crippen LogP contribution in [0.2, 0.25) is 0 Å². The topological polar surface area (TPSA) is 146 Å². The molecule has 5 fully saturated rings. The molecule has 4 aliphatic carbocycles. The van der Waals surface area contributed by atoms with Crippen LogP contribution < -0.4 is 16.6 Å². The van der Waals surface area contributed by atoms with E-state index in [1.165, 1.54) is 49.3 Å². The van der Waals surface area contributed by atoms with Gasteiger partial charge in [-0.2, -0.15) is 0 Å². The summed E-state index contributed by atoms with van der Waals surface area (Å²) in [6.45, 7) is 1.40. The van der Waals surface area contributed by atoms with Gasteiger partial charge in [-0.25, -0.2) is 4.79 Å². The molecule has 4 N–H and O–H groups in total. The molecule has 1 aromatic heterocycles. The number of ether oxygens (including phenoxy) is 2.